The van der Waals surface area contributed by atoms with Crippen LogP contribution in [0.4, 0.5) is 0 Å². The Balaban J connectivity index is 2.55. The quantitative estimate of drug-likeness (QED) is 0.833. The van der Waals surface area contributed by atoms with Crippen molar-refractivity contribution in [2.45, 2.75) is 19.4 Å². The van der Waals surface area contributed by atoms with E-state index in [9.17, 15) is 0 Å². The van der Waals surface area contributed by atoms with Crippen molar-refractivity contribution in [2.24, 2.45) is 5.73 Å². The maximum Gasteiger partial charge on any atom is 0.115 e. The minimum atomic E-state index is 0.132. The average Bonchev–Trinajstić information content (AvgIpc) is 2.49. The Labute approximate surface area is 91.1 Å². The molecule has 2 heterocycles. The van der Waals surface area contributed by atoms with Gasteiger partial charge in [-0.15, -0.1) is 0 Å². The van der Waals surface area contributed by atoms with Crippen LogP contribution in [0.15, 0.2) is 29.0 Å². The molecule has 2 aromatic heterocycles. The molecule has 0 amide bonds. The zero-order chi connectivity index (χ0) is 10.1. The Morgan fingerprint density at radius 2 is 2.36 bits per heavy atom. The van der Waals surface area contributed by atoms with Gasteiger partial charge in [0.2, 0.25) is 0 Å². The van der Waals surface area contributed by atoms with Crippen molar-refractivity contribution in [1.29, 1.82) is 0 Å². The summed E-state index contributed by atoms with van der Waals surface area (Å²) in [7, 11) is 0. The number of fused-ring (bicyclic) bond motifs is 1. The van der Waals surface area contributed by atoms with Gasteiger partial charge in [-0.05, 0) is 35.0 Å². The van der Waals surface area contributed by atoms with E-state index in [2.05, 4.69) is 25.3 Å². The Hall–Kier alpha value is -0.870. The molecule has 0 fully saturated rings. The molecule has 2 aromatic rings. The van der Waals surface area contributed by atoms with E-state index in [1.165, 1.54) is 0 Å². The number of nitrogens with two attached hydrogens (primary N) is 1. The van der Waals surface area contributed by atoms with E-state index in [1.807, 2.05) is 31.3 Å². The Kier molecular flexibility index (Phi) is 2.56. The minimum absolute atomic E-state index is 0.132. The third-order valence-electron chi connectivity index (χ3n) is 2.08. The standard InChI is InChI=1S/C10H12BrN3/c1-7(12)5-10-13-6-8-3-2-4-9(11)14(8)10/h2-4,6-7H,5,12H2,1H3. The molecule has 0 saturated carbocycles. The van der Waals surface area contributed by atoms with Crippen LogP contribution >= 0.6 is 15.9 Å². The van der Waals surface area contributed by atoms with Crippen LogP contribution in [-0.2, 0) is 6.42 Å². The first-order valence-corrected chi connectivity index (χ1v) is 5.34. The van der Waals surface area contributed by atoms with Crippen molar-refractivity contribution in [3.63, 3.8) is 0 Å². The second kappa shape index (κ2) is 3.71. The first-order valence-electron chi connectivity index (χ1n) is 4.55. The predicted octanol–water partition coefficient (Wildman–Crippen LogP) is 1.99. The fraction of sp³-hybridized carbons (Fsp3) is 0.300. The van der Waals surface area contributed by atoms with Crippen molar-refractivity contribution in [1.82, 2.24) is 9.38 Å². The number of nitrogens with zero attached hydrogens (tertiary/aromatic N) is 2. The highest BCUT2D eigenvalue weighted by Gasteiger charge is 2.07. The number of halogens is 1. The molecule has 14 heavy (non-hydrogen) atoms. The van der Waals surface area contributed by atoms with Gasteiger partial charge in [0.25, 0.3) is 0 Å². The molecule has 4 heteroatoms. The van der Waals surface area contributed by atoms with Crippen LogP contribution in [0.25, 0.3) is 5.52 Å². The summed E-state index contributed by atoms with van der Waals surface area (Å²) in [6.07, 6.45) is 2.65. The molecule has 1 atom stereocenters. The van der Waals surface area contributed by atoms with Crippen LogP contribution in [0.1, 0.15) is 12.7 Å². The van der Waals surface area contributed by atoms with Gasteiger partial charge >= 0.3 is 0 Å². The van der Waals surface area contributed by atoms with Gasteiger partial charge in [0.05, 0.1) is 16.3 Å². The summed E-state index contributed by atoms with van der Waals surface area (Å²) >= 11 is 3.50. The van der Waals surface area contributed by atoms with Crippen molar-refractivity contribution >= 4 is 21.4 Å². The van der Waals surface area contributed by atoms with E-state index in [4.69, 9.17) is 5.73 Å². The summed E-state index contributed by atoms with van der Waals surface area (Å²) in [5, 5.41) is 0. The van der Waals surface area contributed by atoms with E-state index in [-0.39, 0.29) is 6.04 Å². The molecule has 0 aliphatic rings. The van der Waals surface area contributed by atoms with E-state index in [1.54, 1.807) is 0 Å². The van der Waals surface area contributed by atoms with Gasteiger partial charge in [0, 0.05) is 12.5 Å². The normalized spacial score (nSPS) is 13.4. The largest absolute Gasteiger partial charge is 0.328 e. The third-order valence-corrected chi connectivity index (χ3v) is 2.70. The summed E-state index contributed by atoms with van der Waals surface area (Å²) in [4.78, 5) is 4.35. The van der Waals surface area contributed by atoms with Gasteiger partial charge < -0.3 is 5.73 Å². The Morgan fingerprint density at radius 1 is 1.57 bits per heavy atom. The van der Waals surface area contributed by atoms with Gasteiger partial charge in [-0.3, -0.25) is 4.40 Å². The number of rotatable bonds is 2. The highest BCUT2D eigenvalue weighted by atomic mass is 79.9. The van der Waals surface area contributed by atoms with Gasteiger partial charge in [0.15, 0.2) is 0 Å². The average molecular weight is 254 g/mol. The first-order chi connectivity index (χ1) is 6.68. The zero-order valence-electron chi connectivity index (χ0n) is 7.94. The highest BCUT2D eigenvalue weighted by molar-refractivity contribution is 9.10. The first kappa shape index (κ1) is 9.68. The van der Waals surface area contributed by atoms with Gasteiger partial charge in [-0.25, -0.2) is 4.98 Å². The molecule has 0 aromatic carbocycles. The summed E-state index contributed by atoms with van der Waals surface area (Å²) in [5.41, 5.74) is 6.85. The summed E-state index contributed by atoms with van der Waals surface area (Å²) in [6.45, 7) is 1.98. The number of hydrogen-bond donors (Lipinski definition) is 1. The summed E-state index contributed by atoms with van der Waals surface area (Å²) < 4.78 is 3.09. The van der Waals surface area contributed by atoms with Crippen molar-refractivity contribution in [3.05, 3.63) is 34.8 Å². The number of aromatic nitrogens is 2. The summed E-state index contributed by atoms with van der Waals surface area (Å²) in [5.74, 6) is 1.00. The molecule has 2 N–H and O–H groups in total. The molecule has 0 radical (unpaired) electrons. The van der Waals surface area contributed by atoms with Crippen LogP contribution in [-0.4, -0.2) is 15.4 Å². The minimum Gasteiger partial charge on any atom is -0.328 e. The smallest absolute Gasteiger partial charge is 0.115 e. The lowest BCUT2D eigenvalue weighted by molar-refractivity contribution is 0.698. The molecule has 3 nitrogen and oxygen atoms in total. The molecular formula is C10H12BrN3. The molecule has 0 saturated heterocycles. The summed E-state index contributed by atoms with van der Waals surface area (Å²) in [6, 6.07) is 6.16. The number of imidazole rings is 1. The van der Waals surface area contributed by atoms with Crippen LogP contribution in [0.3, 0.4) is 0 Å². The highest BCUT2D eigenvalue weighted by Crippen LogP contribution is 2.16. The van der Waals surface area contributed by atoms with E-state index in [0.717, 1.165) is 22.4 Å². The zero-order valence-corrected chi connectivity index (χ0v) is 9.53. The number of pyridine rings is 1. The molecule has 1 unspecified atom stereocenters. The van der Waals surface area contributed by atoms with Crippen molar-refractivity contribution in [2.75, 3.05) is 0 Å². The van der Waals surface area contributed by atoms with Crippen LogP contribution in [0, 0.1) is 0 Å². The van der Waals surface area contributed by atoms with Crippen LogP contribution in [0.2, 0.25) is 0 Å². The van der Waals surface area contributed by atoms with Gasteiger partial charge in [-0.2, -0.15) is 0 Å². The Bertz CT molecular complexity index is 448. The van der Waals surface area contributed by atoms with Gasteiger partial charge in [0.1, 0.15) is 5.82 Å². The molecular weight excluding hydrogens is 242 g/mol. The molecule has 0 bridgehead atoms. The SMILES string of the molecule is CC(N)Cc1ncc2cccc(Br)n12. The monoisotopic (exact) mass is 253 g/mol. The Morgan fingerprint density at radius 3 is 3.07 bits per heavy atom. The number of hydrogen-bond acceptors (Lipinski definition) is 2. The second-order valence-corrected chi connectivity index (χ2v) is 4.28. The molecule has 2 rings (SSSR count). The molecule has 0 aliphatic heterocycles. The van der Waals surface area contributed by atoms with Gasteiger partial charge in [-0.1, -0.05) is 6.07 Å². The van der Waals surface area contributed by atoms with E-state index >= 15 is 0 Å². The fourth-order valence-corrected chi connectivity index (χ4v) is 2.06. The lowest BCUT2D eigenvalue weighted by atomic mass is 10.2. The third kappa shape index (κ3) is 1.67. The van der Waals surface area contributed by atoms with E-state index in [0.29, 0.717) is 0 Å². The fourth-order valence-electron chi connectivity index (χ4n) is 1.50. The second-order valence-electron chi connectivity index (χ2n) is 3.46. The molecule has 0 aliphatic carbocycles. The maximum atomic E-state index is 5.76. The van der Waals surface area contributed by atoms with Crippen molar-refractivity contribution < 1.29 is 0 Å². The lowest BCUT2D eigenvalue weighted by Gasteiger charge is -2.05. The van der Waals surface area contributed by atoms with E-state index < -0.39 is 0 Å². The molecule has 0 spiro atoms. The van der Waals surface area contributed by atoms with Crippen LogP contribution < -0.4 is 5.73 Å². The van der Waals surface area contributed by atoms with Crippen LogP contribution in [0.5, 0.6) is 0 Å². The lowest BCUT2D eigenvalue weighted by Crippen LogP contribution is -2.19. The predicted molar refractivity (Wildman–Crippen MR) is 60.2 cm³/mol. The molecule has 74 valence electrons. The topological polar surface area (TPSA) is 43.3 Å². The maximum absolute atomic E-state index is 5.76. The van der Waals surface area contributed by atoms with Crippen molar-refractivity contribution in [3.8, 4) is 0 Å².